The lowest BCUT2D eigenvalue weighted by Crippen LogP contribution is -2.44. The van der Waals surface area contributed by atoms with Gasteiger partial charge in [-0.1, -0.05) is 25.4 Å². The van der Waals surface area contributed by atoms with Crippen LogP contribution in [0.25, 0.3) is 0 Å². The van der Waals surface area contributed by atoms with Gasteiger partial charge in [-0.3, -0.25) is 0 Å². The van der Waals surface area contributed by atoms with Gasteiger partial charge in [-0.05, 0) is 62.9 Å². The van der Waals surface area contributed by atoms with Crippen LogP contribution in [0.1, 0.15) is 43.5 Å². The Labute approximate surface area is 168 Å². The predicted octanol–water partition coefficient (Wildman–Crippen LogP) is 5.90. The number of aromatic nitrogens is 1. The maximum Gasteiger partial charge on any atom is 0.245 e. The molecular formula is C22H30ClN3O. The number of ether oxygens (including phenoxy) is 1. The van der Waals surface area contributed by atoms with Crippen molar-refractivity contribution in [2.45, 2.75) is 53.5 Å². The molecule has 5 heteroatoms. The molecule has 0 saturated carbocycles. The minimum absolute atomic E-state index is 0.533. The van der Waals surface area contributed by atoms with Gasteiger partial charge >= 0.3 is 0 Å². The number of likely N-dealkylation sites (N-methyl/N-ethyl adjacent to an activating group) is 1. The van der Waals surface area contributed by atoms with E-state index in [0.717, 1.165) is 59.2 Å². The molecule has 0 fully saturated rings. The molecule has 1 aromatic carbocycles. The molecule has 2 heterocycles. The average Bonchev–Trinajstić information content (AvgIpc) is 2.60. The Bertz CT molecular complexity index is 810. The Morgan fingerprint density at radius 2 is 1.70 bits per heavy atom. The fourth-order valence-corrected chi connectivity index (χ4v) is 4.35. The van der Waals surface area contributed by atoms with Crippen LogP contribution >= 0.6 is 11.6 Å². The van der Waals surface area contributed by atoms with E-state index in [9.17, 15) is 0 Å². The van der Waals surface area contributed by atoms with E-state index in [1.807, 2.05) is 32.9 Å². The lowest BCUT2D eigenvalue weighted by molar-refractivity contribution is 0.451. The van der Waals surface area contributed by atoms with E-state index in [-0.39, 0.29) is 0 Å². The highest BCUT2D eigenvalue weighted by Crippen LogP contribution is 2.43. The van der Waals surface area contributed by atoms with Crippen LogP contribution in [0.3, 0.4) is 0 Å². The van der Waals surface area contributed by atoms with Crippen LogP contribution in [0.2, 0.25) is 5.02 Å². The molecule has 27 heavy (non-hydrogen) atoms. The Kier molecular flexibility index (Phi) is 5.85. The number of benzene rings is 1. The van der Waals surface area contributed by atoms with Crippen molar-refractivity contribution < 1.29 is 4.74 Å². The molecule has 3 rings (SSSR count). The highest BCUT2D eigenvalue weighted by Gasteiger charge is 2.29. The first-order valence-corrected chi connectivity index (χ1v) is 10.2. The van der Waals surface area contributed by atoms with Gasteiger partial charge in [-0.25, -0.2) is 4.98 Å². The van der Waals surface area contributed by atoms with Gasteiger partial charge in [0.15, 0.2) is 0 Å². The average molecular weight is 388 g/mol. The van der Waals surface area contributed by atoms with E-state index in [4.69, 9.17) is 21.3 Å². The second-order valence-corrected chi connectivity index (χ2v) is 7.93. The van der Waals surface area contributed by atoms with Gasteiger partial charge in [0.25, 0.3) is 0 Å². The molecular weight excluding hydrogens is 358 g/mol. The summed E-state index contributed by atoms with van der Waals surface area (Å²) in [6.45, 7) is 12.6. The molecule has 1 aromatic heterocycles. The highest BCUT2D eigenvalue weighted by molar-refractivity contribution is 6.30. The van der Waals surface area contributed by atoms with Gasteiger partial charge in [0.05, 0.1) is 5.69 Å². The van der Waals surface area contributed by atoms with Gasteiger partial charge in [-0.2, -0.15) is 0 Å². The maximum atomic E-state index is 6.40. The van der Waals surface area contributed by atoms with Crippen molar-refractivity contribution in [3.63, 3.8) is 0 Å². The number of nitrogens with zero attached hydrogens (tertiary/aromatic N) is 3. The van der Waals surface area contributed by atoms with Crippen LogP contribution in [0.4, 0.5) is 11.4 Å². The normalized spacial score (nSPS) is 13.9. The molecule has 0 unspecified atom stereocenters. The number of pyridine rings is 1. The molecule has 0 bridgehead atoms. The van der Waals surface area contributed by atoms with Gasteiger partial charge in [0.1, 0.15) is 11.4 Å². The van der Waals surface area contributed by atoms with Crippen molar-refractivity contribution in [1.82, 2.24) is 4.98 Å². The number of hydrogen-bond acceptors (Lipinski definition) is 4. The lowest BCUT2D eigenvalue weighted by atomic mass is 10.1. The summed E-state index contributed by atoms with van der Waals surface area (Å²) in [4.78, 5) is 9.55. The maximum absolute atomic E-state index is 6.40. The first kappa shape index (κ1) is 19.8. The molecule has 146 valence electrons. The molecule has 0 saturated heterocycles. The third-order valence-electron chi connectivity index (χ3n) is 5.44. The SMILES string of the molecule is CCC(CC)N1CCN(C)c2c1cc(C)nc2Oc1c(C)cc(Cl)cc1C. The van der Waals surface area contributed by atoms with E-state index in [1.165, 1.54) is 5.69 Å². The van der Waals surface area contributed by atoms with Crippen LogP contribution in [0.15, 0.2) is 18.2 Å². The van der Waals surface area contributed by atoms with Crippen LogP contribution in [-0.4, -0.2) is 31.2 Å². The minimum atomic E-state index is 0.533. The fraction of sp³-hybridized carbons (Fsp3) is 0.500. The molecule has 1 aliphatic rings. The molecule has 0 atom stereocenters. The third-order valence-corrected chi connectivity index (χ3v) is 5.66. The van der Waals surface area contributed by atoms with Crippen molar-refractivity contribution in [2.75, 3.05) is 29.9 Å². The molecule has 0 radical (unpaired) electrons. The second-order valence-electron chi connectivity index (χ2n) is 7.49. The van der Waals surface area contributed by atoms with Crippen molar-refractivity contribution in [1.29, 1.82) is 0 Å². The second kappa shape index (κ2) is 7.97. The Hall–Kier alpha value is -1.94. The Morgan fingerprint density at radius 1 is 1.07 bits per heavy atom. The summed E-state index contributed by atoms with van der Waals surface area (Å²) in [7, 11) is 2.12. The quantitative estimate of drug-likeness (QED) is 0.638. The van der Waals surface area contributed by atoms with Gasteiger partial charge in [0.2, 0.25) is 5.88 Å². The van der Waals surface area contributed by atoms with Crippen LogP contribution < -0.4 is 14.5 Å². The summed E-state index contributed by atoms with van der Waals surface area (Å²) >= 11 is 6.19. The molecule has 0 N–H and O–H groups in total. The first-order valence-electron chi connectivity index (χ1n) is 9.79. The number of anilines is 2. The Balaban J connectivity index is 2.10. The number of rotatable bonds is 5. The molecule has 0 aliphatic carbocycles. The van der Waals surface area contributed by atoms with Gasteiger partial charge in [-0.15, -0.1) is 0 Å². The Morgan fingerprint density at radius 3 is 2.30 bits per heavy atom. The summed E-state index contributed by atoms with van der Waals surface area (Å²) in [5.41, 5.74) is 5.32. The summed E-state index contributed by atoms with van der Waals surface area (Å²) in [6, 6.07) is 6.60. The van der Waals surface area contributed by atoms with Crippen molar-refractivity contribution in [3.05, 3.63) is 40.0 Å². The highest BCUT2D eigenvalue weighted by atomic mass is 35.5. The molecule has 0 spiro atoms. The largest absolute Gasteiger partial charge is 0.436 e. The van der Waals surface area contributed by atoms with Crippen molar-refractivity contribution in [2.24, 2.45) is 0 Å². The first-order chi connectivity index (χ1) is 12.8. The third kappa shape index (κ3) is 3.86. The van der Waals surface area contributed by atoms with Crippen LogP contribution in [-0.2, 0) is 0 Å². The molecule has 4 nitrogen and oxygen atoms in total. The zero-order valence-corrected chi connectivity index (χ0v) is 18.0. The fourth-order valence-electron chi connectivity index (χ4n) is 4.02. The van der Waals surface area contributed by atoms with E-state index in [2.05, 4.69) is 36.8 Å². The molecule has 2 aromatic rings. The molecule has 1 aliphatic heterocycles. The van der Waals surface area contributed by atoms with Gasteiger partial charge < -0.3 is 14.5 Å². The number of fused-ring (bicyclic) bond motifs is 1. The van der Waals surface area contributed by atoms with E-state index < -0.39 is 0 Å². The summed E-state index contributed by atoms with van der Waals surface area (Å²) in [5, 5.41) is 0.730. The lowest BCUT2D eigenvalue weighted by Gasteiger charge is -2.41. The topological polar surface area (TPSA) is 28.6 Å². The minimum Gasteiger partial charge on any atom is -0.436 e. The molecule has 0 amide bonds. The summed E-state index contributed by atoms with van der Waals surface area (Å²) in [5.74, 6) is 1.52. The number of halogens is 1. The van der Waals surface area contributed by atoms with Crippen molar-refractivity contribution in [3.8, 4) is 11.6 Å². The van der Waals surface area contributed by atoms with E-state index in [0.29, 0.717) is 11.9 Å². The zero-order chi connectivity index (χ0) is 19.7. The standard InChI is InChI=1S/C22H30ClN3O/c1-7-18(8-2)26-10-9-25(6)20-19(26)13-16(5)24-22(20)27-21-14(3)11-17(23)12-15(21)4/h11-13,18H,7-10H2,1-6H3. The van der Waals surface area contributed by atoms with Crippen LogP contribution in [0, 0.1) is 20.8 Å². The zero-order valence-electron chi connectivity index (χ0n) is 17.3. The number of hydrogen-bond donors (Lipinski definition) is 0. The monoisotopic (exact) mass is 387 g/mol. The summed E-state index contributed by atoms with van der Waals surface area (Å²) < 4.78 is 6.40. The van der Waals surface area contributed by atoms with E-state index in [1.54, 1.807) is 0 Å². The van der Waals surface area contributed by atoms with Gasteiger partial charge in [0, 0.05) is 36.9 Å². The smallest absolute Gasteiger partial charge is 0.245 e. The van der Waals surface area contributed by atoms with Crippen LogP contribution in [0.5, 0.6) is 11.6 Å². The van der Waals surface area contributed by atoms with E-state index >= 15 is 0 Å². The number of aryl methyl sites for hydroxylation is 3. The predicted molar refractivity (Wildman–Crippen MR) is 115 cm³/mol. The van der Waals surface area contributed by atoms with Crippen molar-refractivity contribution >= 4 is 23.0 Å². The summed E-state index contributed by atoms with van der Waals surface area (Å²) in [6.07, 6.45) is 2.26.